The van der Waals surface area contributed by atoms with Gasteiger partial charge in [0.1, 0.15) is 7.22 Å². The lowest BCUT2D eigenvalue weighted by atomic mass is 10.1. The average Bonchev–Trinajstić information content (AvgIpc) is 2.54. The quantitative estimate of drug-likeness (QED) is 0.371. The van der Waals surface area contributed by atoms with E-state index in [4.69, 9.17) is 4.99 Å². The third-order valence-corrected chi connectivity index (χ3v) is 7.46. The molecule has 0 aliphatic rings. The molecular weight excluding hydrogens is 326 g/mol. The smallest absolute Gasteiger partial charge is 0.114 e. The van der Waals surface area contributed by atoms with Crippen LogP contribution >= 0.6 is 11.2 Å². The summed E-state index contributed by atoms with van der Waals surface area (Å²) in [5.74, 6) is 0. The fourth-order valence-electron chi connectivity index (χ4n) is 2.65. The molecule has 0 aromatic heterocycles. The molecule has 0 heterocycles. The summed E-state index contributed by atoms with van der Waals surface area (Å²) in [5.41, 5.74) is 3.53. The number of hydrogen-bond donors (Lipinski definition) is 0. The van der Waals surface area contributed by atoms with E-state index in [0.717, 1.165) is 5.69 Å². The minimum atomic E-state index is -1.29. The topological polar surface area (TPSA) is 12.4 Å². The van der Waals surface area contributed by atoms with Gasteiger partial charge in [-0.3, -0.25) is 4.99 Å². The van der Waals surface area contributed by atoms with Crippen LogP contribution in [0.4, 0.5) is 5.69 Å². The van der Waals surface area contributed by atoms with Gasteiger partial charge in [0.25, 0.3) is 0 Å². The summed E-state index contributed by atoms with van der Waals surface area (Å²) < 4.78 is 0. The predicted octanol–water partition coefficient (Wildman–Crippen LogP) is 6.83. The zero-order valence-corrected chi connectivity index (χ0v) is 16.5. The number of nitrogens with zero attached hydrogens (tertiary/aromatic N) is 1. The van der Waals surface area contributed by atoms with Crippen molar-refractivity contribution in [3.8, 4) is 0 Å². The molecule has 1 nitrogen and oxygen atoms in total. The Bertz CT molecular complexity index is 894. The highest BCUT2D eigenvalue weighted by atomic mass is 32.4. The molecular formula is C21H23NSSi. The maximum Gasteiger partial charge on any atom is 0.114 e. The van der Waals surface area contributed by atoms with Crippen molar-refractivity contribution in [2.45, 2.75) is 31.5 Å². The second kappa shape index (κ2) is 6.95. The van der Waals surface area contributed by atoms with Crippen molar-refractivity contribution in [2.24, 2.45) is 4.99 Å². The van der Waals surface area contributed by atoms with E-state index in [1.54, 1.807) is 0 Å². The molecule has 122 valence electrons. The Morgan fingerprint density at radius 3 is 2.33 bits per heavy atom. The van der Waals surface area contributed by atoms with Crippen molar-refractivity contribution in [1.82, 2.24) is 0 Å². The van der Waals surface area contributed by atoms with E-state index < -0.39 is 7.22 Å². The summed E-state index contributed by atoms with van der Waals surface area (Å²) in [7, 11) is -1.29. The molecule has 0 atom stereocenters. The molecule has 0 N–H and O–H groups in total. The highest BCUT2D eigenvalue weighted by Crippen LogP contribution is 2.40. The predicted molar refractivity (Wildman–Crippen MR) is 112 cm³/mol. The average molecular weight is 350 g/mol. The van der Waals surface area contributed by atoms with Crippen molar-refractivity contribution in [3.63, 3.8) is 0 Å². The Kier molecular flexibility index (Phi) is 4.92. The molecule has 3 heteroatoms. The third-order valence-electron chi connectivity index (χ3n) is 3.80. The van der Waals surface area contributed by atoms with Crippen molar-refractivity contribution < 1.29 is 0 Å². The van der Waals surface area contributed by atoms with E-state index in [2.05, 4.69) is 87.2 Å². The normalized spacial score (nSPS) is 12.2. The highest BCUT2D eigenvalue weighted by Gasteiger charge is 2.18. The van der Waals surface area contributed by atoms with E-state index in [1.807, 2.05) is 17.4 Å². The summed E-state index contributed by atoms with van der Waals surface area (Å²) in [6, 6.07) is 21.3. The van der Waals surface area contributed by atoms with E-state index in [9.17, 15) is 0 Å². The first-order valence-electron chi connectivity index (χ1n) is 8.24. The molecule has 0 radical (unpaired) electrons. The van der Waals surface area contributed by atoms with Gasteiger partial charge in [-0.05, 0) is 29.5 Å². The minimum Gasteiger partial charge on any atom is -0.254 e. The lowest BCUT2D eigenvalue weighted by Crippen LogP contribution is -2.13. The summed E-state index contributed by atoms with van der Waals surface area (Å²) in [6.07, 6.45) is 2.01. The second-order valence-electron chi connectivity index (χ2n) is 6.96. The van der Waals surface area contributed by atoms with Crippen LogP contribution in [0, 0.1) is 6.92 Å². The van der Waals surface area contributed by atoms with Crippen LogP contribution < -0.4 is 0 Å². The van der Waals surface area contributed by atoms with E-state index in [0.29, 0.717) is 0 Å². The Morgan fingerprint density at radius 2 is 1.58 bits per heavy atom. The van der Waals surface area contributed by atoms with E-state index in [1.165, 1.54) is 26.8 Å². The number of hydrogen-bond acceptors (Lipinski definition) is 2. The summed E-state index contributed by atoms with van der Waals surface area (Å²) in [4.78, 5) is 6.22. The molecule has 3 aromatic rings. The standard InChI is InChI=1S/C21H23NSSi/c1-16-9-5-6-11-18(16)15-22-21-19-12-8-7-10-17(19)13-14-20(21)23-24(2,3)4/h5-15H,1-4H3/b22-15+. The Labute approximate surface area is 149 Å². The first kappa shape index (κ1) is 17.0. The zero-order chi connectivity index (χ0) is 17.2. The summed E-state index contributed by atoms with van der Waals surface area (Å²) in [6.45, 7) is 9.26. The van der Waals surface area contributed by atoms with Crippen LogP contribution in [0.1, 0.15) is 11.1 Å². The molecule has 0 spiro atoms. The van der Waals surface area contributed by atoms with Crippen LogP contribution in [0.3, 0.4) is 0 Å². The molecule has 0 unspecified atom stereocenters. The maximum atomic E-state index is 4.93. The van der Waals surface area contributed by atoms with Gasteiger partial charge in [0, 0.05) is 16.5 Å². The number of benzene rings is 3. The molecule has 0 saturated heterocycles. The number of rotatable bonds is 4. The fourth-order valence-corrected chi connectivity index (χ4v) is 6.17. The Balaban J connectivity index is 2.13. The van der Waals surface area contributed by atoms with Crippen molar-refractivity contribution in [3.05, 3.63) is 71.8 Å². The van der Waals surface area contributed by atoms with Gasteiger partial charge in [0.15, 0.2) is 0 Å². The van der Waals surface area contributed by atoms with Crippen molar-refractivity contribution in [2.75, 3.05) is 0 Å². The van der Waals surface area contributed by atoms with Crippen LogP contribution in [0.15, 0.2) is 70.6 Å². The van der Waals surface area contributed by atoms with Gasteiger partial charge in [-0.2, -0.15) is 0 Å². The Morgan fingerprint density at radius 1 is 0.875 bits per heavy atom. The minimum absolute atomic E-state index is 1.10. The summed E-state index contributed by atoms with van der Waals surface area (Å²) >= 11 is 2.01. The van der Waals surface area contributed by atoms with Gasteiger partial charge < -0.3 is 0 Å². The third kappa shape index (κ3) is 3.97. The molecule has 3 aromatic carbocycles. The van der Waals surface area contributed by atoms with Crippen LogP contribution in [-0.4, -0.2) is 13.4 Å². The zero-order valence-electron chi connectivity index (χ0n) is 14.7. The number of aryl methyl sites for hydroxylation is 1. The Hall–Kier alpha value is -1.84. The highest BCUT2D eigenvalue weighted by molar-refractivity contribution is 8.28. The maximum absolute atomic E-state index is 4.93. The van der Waals surface area contributed by atoms with E-state index >= 15 is 0 Å². The van der Waals surface area contributed by atoms with Gasteiger partial charge in [0.2, 0.25) is 0 Å². The van der Waals surface area contributed by atoms with Gasteiger partial charge in [0.05, 0.1) is 5.69 Å². The number of fused-ring (bicyclic) bond motifs is 1. The fraction of sp³-hybridized carbons (Fsp3) is 0.190. The first-order chi connectivity index (χ1) is 11.4. The van der Waals surface area contributed by atoms with Gasteiger partial charge in [-0.25, -0.2) is 0 Å². The lowest BCUT2D eigenvalue weighted by Gasteiger charge is -2.18. The van der Waals surface area contributed by atoms with Crippen LogP contribution in [0.25, 0.3) is 10.8 Å². The first-order valence-corrected chi connectivity index (χ1v) is 13.3. The number of aliphatic imine (C=N–C) groups is 1. The monoisotopic (exact) mass is 349 g/mol. The van der Waals surface area contributed by atoms with Crippen LogP contribution in [0.2, 0.25) is 19.6 Å². The molecule has 3 rings (SSSR count). The van der Waals surface area contributed by atoms with Crippen molar-refractivity contribution >= 4 is 41.1 Å². The van der Waals surface area contributed by atoms with Gasteiger partial charge >= 0.3 is 0 Å². The SMILES string of the molecule is Cc1ccccc1/C=N/c1c(S[Si](C)(C)C)ccc2ccccc12. The van der Waals surface area contributed by atoms with Crippen LogP contribution in [-0.2, 0) is 0 Å². The molecule has 0 saturated carbocycles. The molecule has 0 amide bonds. The molecule has 24 heavy (non-hydrogen) atoms. The summed E-state index contributed by atoms with van der Waals surface area (Å²) in [5, 5.41) is 2.47. The van der Waals surface area contributed by atoms with Gasteiger partial charge in [-0.1, -0.05) is 74.2 Å². The van der Waals surface area contributed by atoms with E-state index in [-0.39, 0.29) is 0 Å². The largest absolute Gasteiger partial charge is 0.254 e. The second-order valence-corrected chi connectivity index (χ2v) is 16.1. The lowest BCUT2D eigenvalue weighted by molar-refractivity contribution is 1.40. The van der Waals surface area contributed by atoms with Gasteiger partial charge in [-0.15, -0.1) is 11.2 Å². The molecule has 0 aliphatic heterocycles. The molecule has 0 aliphatic carbocycles. The molecule has 0 fully saturated rings. The van der Waals surface area contributed by atoms with Crippen LogP contribution in [0.5, 0.6) is 0 Å². The van der Waals surface area contributed by atoms with Crippen molar-refractivity contribution in [1.29, 1.82) is 0 Å². The molecule has 0 bridgehead atoms.